The van der Waals surface area contributed by atoms with Gasteiger partial charge in [0.15, 0.2) is 0 Å². The van der Waals surface area contributed by atoms with Crippen LogP contribution in [0, 0.1) is 23.7 Å². The molecule has 1 amide bonds. The number of hydrogen-bond acceptors (Lipinski definition) is 3. The summed E-state index contributed by atoms with van der Waals surface area (Å²) in [6.07, 6.45) is -0.375. The number of hydrogen-bond donors (Lipinski definition) is 2. The Morgan fingerprint density at radius 1 is 1.23 bits per heavy atom. The first-order valence-corrected chi connectivity index (χ1v) is 8.15. The third kappa shape index (κ3) is 3.27. The number of benzene rings is 1. The van der Waals surface area contributed by atoms with Crippen molar-refractivity contribution in [3.63, 3.8) is 0 Å². The Morgan fingerprint density at radius 3 is 2.46 bits per heavy atom. The Labute approximate surface area is 147 Å². The van der Waals surface area contributed by atoms with Crippen LogP contribution in [0.5, 0.6) is 5.75 Å². The molecule has 1 aromatic carbocycles. The van der Waals surface area contributed by atoms with Gasteiger partial charge in [-0.25, -0.2) is 0 Å². The minimum Gasteiger partial charge on any atom is -0.497 e. The predicted molar refractivity (Wildman–Crippen MR) is 85.2 cm³/mol. The zero-order valence-electron chi connectivity index (χ0n) is 13.9. The number of carboxylic acid groups (broad SMARTS) is 1. The summed E-state index contributed by atoms with van der Waals surface area (Å²) in [6, 6.07) is 3.51. The lowest BCUT2D eigenvalue weighted by molar-refractivity contribution is -0.147. The highest BCUT2D eigenvalue weighted by Crippen LogP contribution is 2.48. The molecule has 8 heteroatoms. The van der Waals surface area contributed by atoms with Crippen molar-refractivity contribution in [2.24, 2.45) is 23.7 Å². The Kier molecular flexibility index (Phi) is 4.68. The fraction of sp³-hybridized carbons (Fsp3) is 0.444. The summed E-state index contributed by atoms with van der Waals surface area (Å²) < 4.78 is 44.5. The van der Waals surface area contributed by atoms with Crippen molar-refractivity contribution in [3.8, 4) is 5.75 Å². The molecule has 0 unspecified atom stereocenters. The lowest BCUT2D eigenvalue weighted by Gasteiger charge is -2.24. The van der Waals surface area contributed by atoms with Gasteiger partial charge in [-0.15, -0.1) is 0 Å². The molecule has 0 heterocycles. The second kappa shape index (κ2) is 6.66. The van der Waals surface area contributed by atoms with Gasteiger partial charge < -0.3 is 15.2 Å². The van der Waals surface area contributed by atoms with E-state index >= 15 is 0 Å². The van der Waals surface area contributed by atoms with E-state index in [1.807, 2.05) is 6.08 Å². The van der Waals surface area contributed by atoms with Gasteiger partial charge >= 0.3 is 12.1 Å². The first-order chi connectivity index (χ1) is 12.2. The molecule has 0 radical (unpaired) electrons. The Balaban J connectivity index is 1.76. The van der Waals surface area contributed by atoms with Crippen molar-refractivity contribution in [1.82, 2.24) is 5.32 Å². The third-order valence-electron chi connectivity index (χ3n) is 5.12. The third-order valence-corrected chi connectivity index (χ3v) is 5.12. The van der Waals surface area contributed by atoms with Crippen LogP contribution in [0.25, 0.3) is 0 Å². The molecule has 2 aliphatic rings. The number of rotatable bonds is 5. The van der Waals surface area contributed by atoms with E-state index in [1.165, 1.54) is 19.2 Å². The summed E-state index contributed by atoms with van der Waals surface area (Å²) in [4.78, 5) is 24.0. The summed E-state index contributed by atoms with van der Waals surface area (Å²) in [5.41, 5.74) is -0.989. The lowest BCUT2D eigenvalue weighted by Crippen LogP contribution is -2.40. The van der Waals surface area contributed by atoms with Gasteiger partial charge in [0.05, 0.1) is 24.5 Å². The van der Waals surface area contributed by atoms with Crippen molar-refractivity contribution < 1.29 is 32.6 Å². The monoisotopic (exact) mass is 369 g/mol. The molecule has 1 fully saturated rings. The van der Waals surface area contributed by atoms with E-state index in [1.54, 1.807) is 6.08 Å². The van der Waals surface area contributed by atoms with Gasteiger partial charge in [0.2, 0.25) is 5.91 Å². The number of allylic oxidation sites excluding steroid dienone is 2. The maximum Gasteiger partial charge on any atom is 0.416 e. The molecule has 2 bridgehead atoms. The number of alkyl halides is 3. The molecule has 0 saturated heterocycles. The van der Waals surface area contributed by atoms with E-state index in [0.29, 0.717) is 6.42 Å². The zero-order chi connectivity index (χ0) is 19.1. The highest BCUT2D eigenvalue weighted by atomic mass is 19.4. The molecular weight excluding hydrogens is 351 g/mol. The highest BCUT2D eigenvalue weighted by molar-refractivity contribution is 5.86. The quantitative estimate of drug-likeness (QED) is 0.783. The number of carboxylic acids is 1. The Hall–Kier alpha value is -2.51. The SMILES string of the molecule is COc1ccc(CNC(=O)[C@@H]2[C@H](C(=O)O)[C@H]3C=C[C@H]2C3)c(C(F)(F)F)c1. The van der Waals surface area contributed by atoms with E-state index in [9.17, 15) is 27.9 Å². The van der Waals surface area contributed by atoms with Crippen LogP contribution < -0.4 is 10.1 Å². The standard InChI is InChI=1S/C18H18F3NO4/c1-26-12-5-4-11(13(7-12)18(19,20)21)8-22-16(23)14-9-2-3-10(6-9)15(14)17(24)25/h2-5,7,9-10,14-15H,6,8H2,1H3,(H,22,23)(H,24,25)/t9-,10-,14-,15+/m0/s1. The second-order valence-corrected chi connectivity index (χ2v) is 6.58. The van der Waals surface area contributed by atoms with E-state index in [0.717, 1.165) is 6.07 Å². The van der Waals surface area contributed by atoms with Crippen molar-refractivity contribution in [2.45, 2.75) is 19.1 Å². The maximum atomic E-state index is 13.2. The fourth-order valence-electron chi connectivity index (χ4n) is 3.92. The van der Waals surface area contributed by atoms with Gasteiger partial charge in [-0.05, 0) is 36.0 Å². The average molecular weight is 369 g/mol. The first-order valence-electron chi connectivity index (χ1n) is 8.15. The number of halogens is 3. The number of amides is 1. The molecule has 140 valence electrons. The molecule has 0 spiro atoms. The van der Waals surface area contributed by atoms with Crippen LogP contribution in [-0.2, 0) is 22.3 Å². The molecule has 4 atom stereocenters. The van der Waals surface area contributed by atoms with Gasteiger partial charge in [0.1, 0.15) is 5.75 Å². The fourth-order valence-corrected chi connectivity index (χ4v) is 3.92. The lowest BCUT2D eigenvalue weighted by atomic mass is 9.82. The Bertz CT molecular complexity index is 759. The van der Waals surface area contributed by atoms with Crippen LogP contribution in [-0.4, -0.2) is 24.1 Å². The number of fused-ring (bicyclic) bond motifs is 2. The van der Waals surface area contributed by atoms with E-state index in [-0.39, 0.29) is 29.7 Å². The highest BCUT2D eigenvalue weighted by Gasteiger charge is 2.51. The predicted octanol–water partition coefficient (Wildman–Crippen LogP) is 2.85. The number of aliphatic carboxylic acids is 1. The molecule has 2 N–H and O–H groups in total. The van der Waals surface area contributed by atoms with Crippen molar-refractivity contribution in [3.05, 3.63) is 41.5 Å². The minimum absolute atomic E-state index is 0.0663. The molecule has 1 aromatic rings. The summed E-state index contributed by atoms with van der Waals surface area (Å²) in [6.45, 7) is -0.332. The summed E-state index contributed by atoms with van der Waals surface area (Å²) in [7, 11) is 1.27. The summed E-state index contributed by atoms with van der Waals surface area (Å²) in [5.74, 6) is -3.48. The zero-order valence-corrected chi connectivity index (χ0v) is 13.9. The molecule has 2 aliphatic carbocycles. The summed E-state index contributed by atoms with van der Waals surface area (Å²) in [5, 5.41) is 11.9. The first kappa shape index (κ1) is 18.3. The van der Waals surface area contributed by atoms with E-state index in [2.05, 4.69) is 5.32 Å². The maximum absolute atomic E-state index is 13.2. The number of ether oxygens (including phenoxy) is 1. The molecular formula is C18H18F3NO4. The van der Waals surface area contributed by atoms with Gasteiger partial charge in [-0.2, -0.15) is 13.2 Å². The molecule has 3 rings (SSSR count). The van der Waals surface area contributed by atoms with Crippen LogP contribution in [0.15, 0.2) is 30.4 Å². The van der Waals surface area contributed by atoms with Gasteiger partial charge in [-0.3, -0.25) is 9.59 Å². The van der Waals surface area contributed by atoms with Crippen LogP contribution in [0.2, 0.25) is 0 Å². The van der Waals surface area contributed by atoms with Crippen LogP contribution in [0.3, 0.4) is 0 Å². The normalized spacial score (nSPS) is 26.8. The van der Waals surface area contributed by atoms with Crippen molar-refractivity contribution in [1.29, 1.82) is 0 Å². The van der Waals surface area contributed by atoms with Gasteiger partial charge in [-0.1, -0.05) is 18.2 Å². The van der Waals surface area contributed by atoms with Crippen LogP contribution in [0.1, 0.15) is 17.5 Å². The number of nitrogens with one attached hydrogen (secondary N) is 1. The number of carbonyl (C=O) groups is 2. The average Bonchev–Trinajstić information content (AvgIpc) is 3.19. The summed E-state index contributed by atoms with van der Waals surface area (Å²) >= 11 is 0. The van der Waals surface area contributed by atoms with E-state index in [4.69, 9.17) is 4.74 Å². The molecule has 5 nitrogen and oxygen atoms in total. The van der Waals surface area contributed by atoms with Crippen molar-refractivity contribution in [2.75, 3.05) is 7.11 Å². The van der Waals surface area contributed by atoms with Crippen LogP contribution >= 0.6 is 0 Å². The smallest absolute Gasteiger partial charge is 0.416 e. The van der Waals surface area contributed by atoms with Gasteiger partial charge in [0, 0.05) is 6.54 Å². The molecule has 0 aromatic heterocycles. The van der Waals surface area contributed by atoms with E-state index < -0.39 is 35.5 Å². The largest absolute Gasteiger partial charge is 0.497 e. The van der Waals surface area contributed by atoms with Crippen molar-refractivity contribution >= 4 is 11.9 Å². The number of methoxy groups -OCH3 is 1. The second-order valence-electron chi connectivity index (χ2n) is 6.58. The number of carbonyl (C=O) groups excluding carboxylic acids is 1. The van der Waals surface area contributed by atoms with Crippen LogP contribution in [0.4, 0.5) is 13.2 Å². The molecule has 26 heavy (non-hydrogen) atoms. The molecule has 0 aliphatic heterocycles. The minimum atomic E-state index is -4.59. The van der Waals surface area contributed by atoms with Gasteiger partial charge in [0.25, 0.3) is 0 Å². The molecule has 1 saturated carbocycles. The topological polar surface area (TPSA) is 75.6 Å². The Morgan fingerprint density at radius 2 is 1.88 bits per heavy atom.